The van der Waals surface area contributed by atoms with E-state index in [1.54, 1.807) is 6.92 Å². The molecule has 0 aliphatic rings. The lowest BCUT2D eigenvalue weighted by molar-refractivity contribution is 0.601. The van der Waals surface area contributed by atoms with Gasteiger partial charge in [-0.2, -0.15) is 0 Å². The van der Waals surface area contributed by atoms with Crippen LogP contribution < -0.4 is 4.72 Å². The molecular formula is C11H7BrCl2FNO2S2. The molecular weight excluding hydrogens is 412 g/mol. The summed E-state index contributed by atoms with van der Waals surface area (Å²) in [6.45, 7) is 1.59. The number of aryl methyl sites for hydroxylation is 1. The van der Waals surface area contributed by atoms with Gasteiger partial charge in [-0.1, -0.05) is 23.2 Å². The van der Waals surface area contributed by atoms with Gasteiger partial charge in [0.05, 0.1) is 14.5 Å². The molecule has 1 aromatic carbocycles. The molecule has 0 saturated heterocycles. The van der Waals surface area contributed by atoms with Crippen LogP contribution in [0.25, 0.3) is 0 Å². The Morgan fingerprint density at radius 3 is 2.50 bits per heavy atom. The monoisotopic (exact) mass is 417 g/mol. The maximum Gasteiger partial charge on any atom is 0.264 e. The van der Waals surface area contributed by atoms with E-state index < -0.39 is 15.8 Å². The quantitative estimate of drug-likeness (QED) is 0.756. The van der Waals surface area contributed by atoms with Crippen LogP contribution in [0.3, 0.4) is 0 Å². The van der Waals surface area contributed by atoms with Crippen LogP contribution in [-0.2, 0) is 10.0 Å². The third kappa shape index (κ3) is 3.28. The van der Waals surface area contributed by atoms with Gasteiger partial charge >= 0.3 is 0 Å². The van der Waals surface area contributed by atoms with Gasteiger partial charge in [0.15, 0.2) is 0 Å². The summed E-state index contributed by atoms with van der Waals surface area (Å²) >= 11 is 15.5. The van der Waals surface area contributed by atoms with Crippen molar-refractivity contribution in [3.05, 3.63) is 42.7 Å². The highest BCUT2D eigenvalue weighted by molar-refractivity contribution is 9.10. The van der Waals surface area contributed by atoms with Gasteiger partial charge in [0.2, 0.25) is 0 Å². The maximum absolute atomic E-state index is 13.3. The molecule has 3 nitrogen and oxygen atoms in total. The van der Waals surface area contributed by atoms with Gasteiger partial charge in [0.1, 0.15) is 15.0 Å². The van der Waals surface area contributed by atoms with Crippen LogP contribution in [0.15, 0.2) is 27.6 Å². The van der Waals surface area contributed by atoms with Gasteiger partial charge in [-0.3, -0.25) is 4.72 Å². The number of anilines is 1. The molecule has 0 spiro atoms. The van der Waals surface area contributed by atoms with E-state index >= 15 is 0 Å². The normalized spacial score (nSPS) is 11.7. The Labute approximate surface area is 137 Å². The molecule has 0 fully saturated rings. The van der Waals surface area contributed by atoms with Gasteiger partial charge in [0.25, 0.3) is 10.0 Å². The van der Waals surface area contributed by atoms with Crippen LogP contribution in [-0.4, -0.2) is 8.42 Å². The van der Waals surface area contributed by atoms with E-state index in [1.807, 2.05) is 0 Å². The summed E-state index contributed by atoms with van der Waals surface area (Å²) in [5, 5.41) is 0. The molecule has 0 atom stereocenters. The van der Waals surface area contributed by atoms with Crippen LogP contribution in [0.5, 0.6) is 0 Å². The number of rotatable bonds is 3. The molecule has 0 aliphatic carbocycles. The number of benzene rings is 1. The maximum atomic E-state index is 13.3. The molecule has 0 unspecified atom stereocenters. The standard InChI is InChI=1S/C11H7BrCl2FNO2S2/c1-5-2-7(15)6(12)3-8(5)16-20(17,18)9-4-10(13)19-11(9)14/h2-4,16H,1H3. The first-order valence-electron chi connectivity index (χ1n) is 5.14. The van der Waals surface area contributed by atoms with E-state index in [2.05, 4.69) is 20.7 Å². The van der Waals surface area contributed by atoms with Gasteiger partial charge in [-0.25, -0.2) is 12.8 Å². The van der Waals surface area contributed by atoms with Gasteiger partial charge in [-0.15, -0.1) is 11.3 Å². The van der Waals surface area contributed by atoms with Crippen molar-refractivity contribution in [3.63, 3.8) is 0 Å². The molecule has 9 heteroatoms. The first-order valence-corrected chi connectivity index (χ1v) is 8.99. The highest BCUT2D eigenvalue weighted by Gasteiger charge is 2.22. The summed E-state index contributed by atoms with van der Waals surface area (Å²) in [7, 11) is -3.87. The van der Waals surface area contributed by atoms with Crippen molar-refractivity contribution < 1.29 is 12.8 Å². The van der Waals surface area contributed by atoms with Crippen molar-refractivity contribution in [1.82, 2.24) is 0 Å². The van der Waals surface area contributed by atoms with Crippen molar-refractivity contribution in [2.45, 2.75) is 11.8 Å². The summed E-state index contributed by atoms with van der Waals surface area (Å²) < 4.78 is 40.6. The number of nitrogens with one attached hydrogen (secondary N) is 1. The highest BCUT2D eigenvalue weighted by Crippen LogP contribution is 2.35. The zero-order valence-corrected chi connectivity index (χ0v) is 14.6. The smallest absolute Gasteiger partial charge is 0.264 e. The third-order valence-electron chi connectivity index (χ3n) is 2.43. The van der Waals surface area contributed by atoms with E-state index in [1.165, 1.54) is 18.2 Å². The van der Waals surface area contributed by atoms with Crippen molar-refractivity contribution in [1.29, 1.82) is 0 Å². The molecule has 2 rings (SSSR count). The minimum atomic E-state index is -3.87. The molecule has 1 N–H and O–H groups in total. The Hall–Kier alpha value is -0.340. The Bertz CT molecular complexity index is 777. The molecule has 1 heterocycles. The average molecular weight is 419 g/mol. The SMILES string of the molecule is Cc1cc(F)c(Br)cc1NS(=O)(=O)c1cc(Cl)sc1Cl. The Morgan fingerprint density at radius 2 is 1.95 bits per heavy atom. The van der Waals surface area contributed by atoms with Gasteiger partial charge < -0.3 is 0 Å². The largest absolute Gasteiger partial charge is 0.279 e. The molecule has 108 valence electrons. The summed E-state index contributed by atoms with van der Waals surface area (Å²) in [6, 6.07) is 3.85. The Kier molecular flexibility index (Phi) is 4.66. The van der Waals surface area contributed by atoms with Crippen molar-refractivity contribution in [3.8, 4) is 0 Å². The second-order valence-corrected chi connectivity index (χ2v) is 8.67. The first-order chi connectivity index (χ1) is 9.20. The van der Waals surface area contributed by atoms with E-state index in [0.29, 0.717) is 5.56 Å². The molecule has 0 radical (unpaired) electrons. The van der Waals surface area contributed by atoms with Crippen LogP contribution in [0.1, 0.15) is 5.56 Å². The van der Waals surface area contributed by atoms with Crippen LogP contribution in [0.2, 0.25) is 8.67 Å². The number of halogens is 4. The Morgan fingerprint density at radius 1 is 1.30 bits per heavy atom. The second-order valence-electron chi connectivity index (χ2n) is 3.88. The van der Waals surface area contributed by atoms with Crippen LogP contribution in [0, 0.1) is 12.7 Å². The topological polar surface area (TPSA) is 46.2 Å². The van der Waals surface area contributed by atoms with Crippen molar-refractivity contribution >= 4 is 66.2 Å². The minimum Gasteiger partial charge on any atom is -0.279 e. The minimum absolute atomic E-state index is 0.0707. The number of hydrogen-bond donors (Lipinski definition) is 1. The lowest BCUT2D eigenvalue weighted by Crippen LogP contribution is -2.13. The number of sulfonamides is 1. The number of hydrogen-bond acceptors (Lipinski definition) is 3. The fraction of sp³-hybridized carbons (Fsp3) is 0.0909. The van der Waals surface area contributed by atoms with Gasteiger partial charge in [0, 0.05) is 0 Å². The predicted octanol–water partition coefficient (Wildman–Crippen LogP) is 5.07. The van der Waals surface area contributed by atoms with E-state index in [9.17, 15) is 12.8 Å². The molecule has 20 heavy (non-hydrogen) atoms. The summed E-state index contributed by atoms with van der Waals surface area (Å²) in [4.78, 5) is -0.103. The fourth-order valence-corrected chi connectivity index (χ4v) is 5.08. The van der Waals surface area contributed by atoms with Crippen molar-refractivity contribution in [2.24, 2.45) is 0 Å². The molecule has 2 aromatic rings. The van der Waals surface area contributed by atoms with Crippen molar-refractivity contribution in [2.75, 3.05) is 4.72 Å². The average Bonchev–Trinajstić information content (AvgIpc) is 2.66. The first kappa shape index (κ1) is 16.0. The zero-order chi connectivity index (χ0) is 15.1. The lowest BCUT2D eigenvalue weighted by Gasteiger charge is -2.11. The fourth-order valence-electron chi connectivity index (χ4n) is 1.46. The van der Waals surface area contributed by atoms with E-state index in [4.69, 9.17) is 23.2 Å². The Balaban J connectivity index is 2.43. The highest BCUT2D eigenvalue weighted by atomic mass is 79.9. The lowest BCUT2D eigenvalue weighted by atomic mass is 10.2. The van der Waals surface area contributed by atoms with Crippen LogP contribution >= 0.6 is 50.5 Å². The van der Waals surface area contributed by atoms with Gasteiger partial charge in [-0.05, 0) is 46.6 Å². The molecule has 0 amide bonds. The molecule has 1 aromatic heterocycles. The summed E-state index contributed by atoms with van der Waals surface area (Å²) in [6.07, 6.45) is 0. The third-order valence-corrected chi connectivity index (χ3v) is 6.15. The summed E-state index contributed by atoms with van der Waals surface area (Å²) in [5.41, 5.74) is 0.711. The molecule has 0 saturated carbocycles. The van der Waals surface area contributed by atoms with Crippen LogP contribution in [0.4, 0.5) is 10.1 Å². The zero-order valence-electron chi connectivity index (χ0n) is 9.88. The molecule has 0 aliphatic heterocycles. The summed E-state index contributed by atoms with van der Waals surface area (Å²) in [5.74, 6) is -0.470. The number of thiophene rings is 1. The molecule has 0 bridgehead atoms. The van der Waals surface area contributed by atoms with E-state index in [-0.39, 0.29) is 23.7 Å². The second kappa shape index (κ2) is 5.81. The predicted molar refractivity (Wildman–Crippen MR) is 84.0 cm³/mol. The van der Waals surface area contributed by atoms with E-state index in [0.717, 1.165) is 11.3 Å².